The SMILES string of the molecule is CO[Si](CCCC(=O)C(C)(C)C)(OC)OC. The van der Waals surface area contributed by atoms with E-state index in [1.807, 2.05) is 20.8 Å². The van der Waals surface area contributed by atoms with Crippen LogP contribution in [0.1, 0.15) is 33.6 Å². The van der Waals surface area contributed by atoms with Crippen LogP contribution in [0.2, 0.25) is 6.04 Å². The predicted octanol–water partition coefficient (Wildman–Crippen LogP) is 2.26. The fraction of sp³-hybridized carbons (Fsp3) is 0.909. The lowest BCUT2D eigenvalue weighted by molar-refractivity contribution is -0.126. The van der Waals surface area contributed by atoms with Crippen molar-refractivity contribution in [3.63, 3.8) is 0 Å². The summed E-state index contributed by atoms with van der Waals surface area (Å²) in [5.74, 6) is 0.263. The lowest BCUT2D eigenvalue weighted by atomic mass is 9.88. The van der Waals surface area contributed by atoms with E-state index in [9.17, 15) is 4.79 Å². The predicted molar refractivity (Wildman–Crippen MR) is 65.3 cm³/mol. The summed E-state index contributed by atoms with van der Waals surface area (Å²) in [5.41, 5.74) is -0.266. The summed E-state index contributed by atoms with van der Waals surface area (Å²) in [6.07, 6.45) is 1.30. The number of carbonyl (C=O) groups is 1. The van der Waals surface area contributed by atoms with Crippen molar-refractivity contribution in [2.24, 2.45) is 5.41 Å². The minimum Gasteiger partial charge on any atom is -0.377 e. The van der Waals surface area contributed by atoms with Gasteiger partial charge in [-0.25, -0.2) is 0 Å². The Hall–Kier alpha value is -0.233. The van der Waals surface area contributed by atoms with Crippen LogP contribution in [0.3, 0.4) is 0 Å². The fourth-order valence-electron chi connectivity index (χ4n) is 1.40. The van der Waals surface area contributed by atoms with E-state index in [0.29, 0.717) is 12.5 Å². The number of rotatable bonds is 7. The number of carbonyl (C=O) groups excluding carboxylic acids is 1. The molecule has 0 saturated heterocycles. The van der Waals surface area contributed by atoms with E-state index in [1.54, 1.807) is 21.3 Å². The molecule has 0 N–H and O–H groups in total. The molecule has 0 saturated carbocycles. The van der Waals surface area contributed by atoms with Gasteiger partial charge in [-0.3, -0.25) is 4.79 Å². The van der Waals surface area contributed by atoms with Crippen molar-refractivity contribution >= 4 is 14.6 Å². The quantitative estimate of drug-likeness (QED) is 0.648. The van der Waals surface area contributed by atoms with Crippen LogP contribution in [0.4, 0.5) is 0 Å². The summed E-state index contributed by atoms with van der Waals surface area (Å²) in [6, 6.07) is 0.679. The molecular formula is C11H24O4Si. The molecule has 0 aromatic heterocycles. The highest BCUT2D eigenvalue weighted by atomic mass is 28.4. The summed E-state index contributed by atoms with van der Waals surface area (Å²) < 4.78 is 15.9. The molecule has 0 bridgehead atoms. The third-order valence-electron chi connectivity index (χ3n) is 2.66. The van der Waals surface area contributed by atoms with Gasteiger partial charge in [0.2, 0.25) is 0 Å². The van der Waals surface area contributed by atoms with Crippen molar-refractivity contribution in [1.29, 1.82) is 0 Å². The number of Topliss-reactive ketones (excluding diaryl/α,β-unsaturated/α-hetero) is 1. The first-order valence-electron chi connectivity index (χ1n) is 5.50. The molecule has 0 amide bonds. The lowest BCUT2D eigenvalue weighted by Gasteiger charge is -2.24. The van der Waals surface area contributed by atoms with Crippen molar-refractivity contribution in [1.82, 2.24) is 0 Å². The van der Waals surface area contributed by atoms with Gasteiger partial charge in [-0.2, -0.15) is 0 Å². The second-order valence-corrected chi connectivity index (χ2v) is 7.91. The second kappa shape index (κ2) is 6.49. The summed E-state index contributed by atoms with van der Waals surface area (Å²) in [5, 5.41) is 0. The normalized spacial score (nSPS) is 12.9. The third-order valence-corrected chi connectivity index (χ3v) is 5.49. The first-order chi connectivity index (χ1) is 7.31. The van der Waals surface area contributed by atoms with Gasteiger partial charge in [-0.1, -0.05) is 20.8 Å². The molecule has 0 aliphatic rings. The Kier molecular flexibility index (Phi) is 6.40. The summed E-state index contributed by atoms with van der Waals surface area (Å²) in [4.78, 5) is 11.7. The molecule has 5 heteroatoms. The molecule has 0 aromatic carbocycles. The average molecular weight is 248 g/mol. The zero-order chi connectivity index (χ0) is 12.8. The molecule has 0 aromatic rings. The monoisotopic (exact) mass is 248 g/mol. The van der Waals surface area contributed by atoms with Crippen LogP contribution in [0.15, 0.2) is 0 Å². The van der Waals surface area contributed by atoms with Gasteiger partial charge in [0.1, 0.15) is 5.78 Å². The Balaban J connectivity index is 4.11. The highest BCUT2D eigenvalue weighted by molar-refractivity contribution is 6.60. The lowest BCUT2D eigenvalue weighted by Crippen LogP contribution is -2.42. The smallest absolute Gasteiger partial charge is 0.377 e. The first-order valence-corrected chi connectivity index (χ1v) is 7.43. The molecule has 4 nitrogen and oxygen atoms in total. The highest BCUT2D eigenvalue weighted by Gasteiger charge is 2.37. The summed E-state index contributed by atoms with van der Waals surface area (Å²) >= 11 is 0. The van der Waals surface area contributed by atoms with Crippen molar-refractivity contribution in [3.05, 3.63) is 0 Å². The minimum atomic E-state index is -2.50. The Labute approximate surface area is 99.6 Å². The van der Waals surface area contributed by atoms with Crippen molar-refractivity contribution in [2.75, 3.05) is 21.3 Å². The Morgan fingerprint density at radius 2 is 1.50 bits per heavy atom. The molecule has 96 valence electrons. The van der Waals surface area contributed by atoms with Gasteiger partial charge in [0.25, 0.3) is 0 Å². The zero-order valence-electron chi connectivity index (χ0n) is 11.3. The van der Waals surface area contributed by atoms with Crippen LogP contribution in [0.25, 0.3) is 0 Å². The molecule has 0 aliphatic carbocycles. The van der Waals surface area contributed by atoms with Crippen LogP contribution < -0.4 is 0 Å². The Bertz CT molecular complexity index is 210. The molecule has 0 atom stereocenters. The van der Waals surface area contributed by atoms with Gasteiger partial charge < -0.3 is 13.3 Å². The average Bonchev–Trinajstić information content (AvgIpc) is 2.23. The maximum absolute atomic E-state index is 11.7. The van der Waals surface area contributed by atoms with Gasteiger partial charge in [-0.05, 0) is 6.42 Å². The molecule has 0 heterocycles. The number of hydrogen-bond acceptors (Lipinski definition) is 4. The zero-order valence-corrected chi connectivity index (χ0v) is 12.3. The topological polar surface area (TPSA) is 44.8 Å². The van der Waals surface area contributed by atoms with Crippen molar-refractivity contribution < 1.29 is 18.1 Å². The Morgan fingerprint density at radius 3 is 1.81 bits per heavy atom. The largest absolute Gasteiger partial charge is 0.500 e. The van der Waals surface area contributed by atoms with Crippen LogP contribution in [-0.4, -0.2) is 35.9 Å². The van der Waals surface area contributed by atoms with E-state index in [-0.39, 0.29) is 11.2 Å². The fourth-order valence-corrected chi connectivity index (χ4v) is 3.12. The van der Waals surface area contributed by atoms with E-state index >= 15 is 0 Å². The second-order valence-electron chi connectivity index (χ2n) is 4.82. The standard InChI is InChI=1S/C11H24O4Si/c1-11(2,3)10(12)8-7-9-16(13-4,14-5)15-6/h7-9H2,1-6H3. The summed E-state index contributed by atoms with van der Waals surface area (Å²) in [6.45, 7) is 5.80. The molecule has 0 spiro atoms. The van der Waals surface area contributed by atoms with Gasteiger partial charge in [-0.15, -0.1) is 0 Å². The van der Waals surface area contributed by atoms with Crippen LogP contribution in [0, 0.1) is 5.41 Å². The summed E-state index contributed by atoms with van der Waals surface area (Å²) in [7, 11) is 2.27. The maximum atomic E-state index is 11.7. The van der Waals surface area contributed by atoms with Gasteiger partial charge in [0, 0.05) is 39.2 Å². The van der Waals surface area contributed by atoms with E-state index in [0.717, 1.165) is 6.42 Å². The molecule has 16 heavy (non-hydrogen) atoms. The first kappa shape index (κ1) is 15.8. The molecule has 0 unspecified atom stereocenters. The molecule has 0 fully saturated rings. The van der Waals surface area contributed by atoms with Gasteiger partial charge in [0.05, 0.1) is 0 Å². The van der Waals surface area contributed by atoms with E-state index in [1.165, 1.54) is 0 Å². The van der Waals surface area contributed by atoms with Crippen molar-refractivity contribution in [2.45, 2.75) is 39.7 Å². The van der Waals surface area contributed by atoms with Gasteiger partial charge in [0.15, 0.2) is 0 Å². The third kappa shape index (κ3) is 4.74. The molecular weight excluding hydrogens is 224 g/mol. The van der Waals surface area contributed by atoms with E-state index in [2.05, 4.69) is 0 Å². The number of ketones is 1. The van der Waals surface area contributed by atoms with E-state index in [4.69, 9.17) is 13.3 Å². The van der Waals surface area contributed by atoms with Gasteiger partial charge >= 0.3 is 8.80 Å². The van der Waals surface area contributed by atoms with Crippen molar-refractivity contribution in [3.8, 4) is 0 Å². The minimum absolute atomic E-state index is 0.263. The van der Waals surface area contributed by atoms with Crippen LogP contribution in [-0.2, 0) is 18.1 Å². The van der Waals surface area contributed by atoms with Crippen LogP contribution in [0.5, 0.6) is 0 Å². The molecule has 0 aliphatic heterocycles. The van der Waals surface area contributed by atoms with E-state index < -0.39 is 8.80 Å². The maximum Gasteiger partial charge on any atom is 0.500 e. The number of hydrogen-bond donors (Lipinski definition) is 0. The molecule has 0 rings (SSSR count). The van der Waals surface area contributed by atoms with Crippen LogP contribution >= 0.6 is 0 Å². The Morgan fingerprint density at radius 1 is 1.06 bits per heavy atom. The highest BCUT2D eigenvalue weighted by Crippen LogP contribution is 2.21. The molecule has 0 radical (unpaired) electrons.